The third kappa shape index (κ3) is 2.71. The van der Waals surface area contributed by atoms with Gasteiger partial charge in [0.25, 0.3) is 0 Å². The van der Waals surface area contributed by atoms with Crippen LogP contribution >= 0.6 is 0 Å². The van der Waals surface area contributed by atoms with Crippen molar-refractivity contribution in [1.82, 2.24) is 15.3 Å². The quantitative estimate of drug-likeness (QED) is 0.912. The number of fused-ring (bicyclic) bond motifs is 2. The molecule has 4 nitrogen and oxygen atoms in total. The standard InChI is InChI=1S/C17H25FN4/c1-11-6-12(13-7-15-2-3-16(8-13)21-15)4-5-22(11)17-19-9-14(18)10-20-17/h9-13,15-16,21H,2-8H2,1H3/t11-,12-,13?,15?,16?/m0/s1. The van der Waals surface area contributed by atoms with Gasteiger partial charge in [-0.3, -0.25) is 0 Å². The van der Waals surface area contributed by atoms with Crippen molar-refractivity contribution >= 4 is 5.95 Å². The van der Waals surface area contributed by atoms with Gasteiger partial charge >= 0.3 is 0 Å². The highest BCUT2D eigenvalue weighted by molar-refractivity contribution is 5.31. The fourth-order valence-electron chi connectivity index (χ4n) is 4.87. The highest BCUT2D eigenvalue weighted by Crippen LogP contribution is 2.40. The number of piperidine rings is 2. The van der Waals surface area contributed by atoms with E-state index in [1.54, 1.807) is 0 Å². The first-order valence-corrected chi connectivity index (χ1v) is 8.69. The Morgan fingerprint density at radius 1 is 1.05 bits per heavy atom. The van der Waals surface area contributed by atoms with Gasteiger partial charge in [0, 0.05) is 24.7 Å². The first kappa shape index (κ1) is 14.4. The number of halogens is 1. The average molecular weight is 304 g/mol. The number of hydrogen-bond donors (Lipinski definition) is 1. The number of rotatable bonds is 2. The molecule has 120 valence electrons. The number of aromatic nitrogens is 2. The molecule has 4 heterocycles. The van der Waals surface area contributed by atoms with Crippen molar-refractivity contribution in [3.63, 3.8) is 0 Å². The Labute approximate surface area is 131 Å². The molecule has 1 aromatic heterocycles. The zero-order chi connectivity index (χ0) is 15.1. The van der Waals surface area contributed by atoms with Gasteiger partial charge in [0.15, 0.2) is 5.82 Å². The molecule has 3 saturated heterocycles. The molecule has 4 rings (SSSR count). The van der Waals surface area contributed by atoms with E-state index in [9.17, 15) is 4.39 Å². The maximum atomic E-state index is 13.0. The van der Waals surface area contributed by atoms with Crippen molar-refractivity contribution in [3.8, 4) is 0 Å². The largest absolute Gasteiger partial charge is 0.338 e. The van der Waals surface area contributed by atoms with Crippen molar-refractivity contribution in [2.45, 2.75) is 63.6 Å². The summed E-state index contributed by atoms with van der Waals surface area (Å²) in [4.78, 5) is 10.5. The molecule has 3 aliphatic heterocycles. The van der Waals surface area contributed by atoms with Crippen LogP contribution in [-0.2, 0) is 0 Å². The van der Waals surface area contributed by atoms with Gasteiger partial charge in [-0.15, -0.1) is 0 Å². The highest BCUT2D eigenvalue weighted by atomic mass is 19.1. The highest BCUT2D eigenvalue weighted by Gasteiger charge is 2.39. The Morgan fingerprint density at radius 2 is 1.73 bits per heavy atom. The first-order chi connectivity index (χ1) is 10.7. The number of nitrogens with zero attached hydrogens (tertiary/aromatic N) is 3. The Hall–Kier alpha value is -1.23. The Bertz CT molecular complexity index is 508. The summed E-state index contributed by atoms with van der Waals surface area (Å²) in [6.45, 7) is 3.26. The van der Waals surface area contributed by atoms with Crippen molar-refractivity contribution in [3.05, 3.63) is 18.2 Å². The lowest BCUT2D eigenvalue weighted by atomic mass is 9.75. The molecule has 4 atom stereocenters. The summed E-state index contributed by atoms with van der Waals surface area (Å²) in [6, 6.07) is 1.99. The van der Waals surface area contributed by atoms with Gasteiger partial charge in [0.2, 0.25) is 5.95 Å². The summed E-state index contributed by atoms with van der Waals surface area (Å²) in [5.41, 5.74) is 0. The van der Waals surface area contributed by atoms with Gasteiger partial charge in [-0.25, -0.2) is 14.4 Å². The number of nitrogens with one attached hydrogen (secondary N) is 1. The monoisotopic (exact) mass is 304 g/mol. The van der Waals surface area contributed by atoms with E-state index in [1.165, 1.54) is 50.9 Å². The van der Waals surface area contributed by atoms with Gasteiger partial charge in [-0.2, -0.15) is 0 Å². The molecule has 1 N–H and O–H groups in total. The molecule has 3 fully saturated rings. The van der Waals surface area contributed by atoms with E-state index in [0.717, 1.165) is 30.5 Å². The molecule has 3 aliphatic rings. The smallest absolute Gasteiger partial charge is 0.225 e. The average Bonchev–Trinajstić information content (AvgIpc) is 2.86. The normalized spacial score (nSPS) is 38.3. The Balaban J connectivity index is 1.41. The molecule has 2 unspecified atom stereocenters. The molecule has 1 aromatic rings. The molecule has 22 heavy (non-hydrogen) atoms. The van der Waals surface area contributed by atoms with Crippen molar-refractivity contribution < 1.29 is 4.39 Å². The van der Waals surface area contributed by atoms with E-state index >= 15 is 0 Å². The van der Waals surface area contributed by atoms with Crippen LogP contribution in [0.25, 0.3) is 0 Å². The predicted octanol–water partition coefficient (Wildman–Crippen LogP) is 2.75. The van der Waals surface area contributed by atoms with Gasteiger partial charge in [-0.1, -0.05) is 0 Å². The van der Waals surface area contributed by atoms with E-state index in [-0.39, 0.29) is 5.82 Å². The van der Waals surface area contributed by atoms with Crippen molar-refractivity contribution in [2.24, 2.45) is 11.8 Å². The third-order valence-corrected chi connectivity index (χ3v) is 5.96. The van der Waals surface area contributed by atoms with Crippen LogP contribution in [0.3, 0.4) is 0 Å². The van der Waals surface area contributed by atoms with Gasteiger partial charge in [-0.05, 0) is 57.3 Å². The summed E-state index contributed by atoms with van der Waals surface area (Å²) >= 11 is 0. The molecule has 0 amide bonds. The fraction of sp³-hybridized carbons (Fsp3) is 0.765. The SMILES string of the molecule is C[C@H]1C[C@@H](C2CC3CCC(C2)N3)CCN1c1ncc(F)cn1. The lowest BCUT2D eigenvalue weighted by Gasteiger charge is -2.43. The topological polar surface area (TPSA) is 41.0 Å². The zero-order valence-corrected chi connectivity index (χ0v) is 13.2. The minimum absolute atomic E-state index is 0.364. The van der Waals surface area contributed by atoms with Crippen molar-refractivity contribution in [2.75, 3.05) is 11.4 Å². The molecule has 0 aromatic carbocycles. The zero-order valence-electron chi connectivity index (χ0n) is 13.2. The van der Waals surface area contributed by atoms with E-state index in [1.807, 2.05) is 0 Å². The van der Waals surface area contributed by atoms with E-state index < -0.39 is 0 Å². The second kappa shape index (κ2) is 5.76. The maximum Gasteiger partial charge on any atom is 0.225 e. The molecule has 0 radical (unpaired) electrons. The summed E-state index contributed by atoms with van der Waals surface area (Å²) in [7, 11) is 0. The Morgan fingerprint density at radius 3 is 2.36 bits per heavy atom. The fourth-order valence-corrected chi connectivity index (χ4v) is 4.87. The lowest BCUT2D eigenvalue weighted by Crippen LogP contribution is -2.46. The Kier molecular flexibility index (Phi) is 3.76. The van der Waals surface area contributed by atoms with Gasteiger partial charge in [0.1, 0.15) is 0 Å². The van der Waals surface area contributed by atoms with Crippen molar-refractivity contribution in [1.29, 1.82) is 0 Å². The molecule has 5 heteroatoms. The summed E-state index contributed by atoms with van der Waals surface area (Å²) in [5.74, 6) is 2.03. The van der Waals surface area contributed by atoms with Crippen LogP contribution in [0.1, 0.15) is 45.4 Å². The second-order valence-electron chi connectivity index (χ2n) is 7.40. The molecular formula is C17H25FN4. The van der Waals surface area contributed by atoms with Crippen LogP contribution in [0.4, 0.5) is 10.3 Å². The predicted molar refractivity (Wildman–Crippen MR) is 84.2 cm³/mol. The second-order valence-corrected chi connectivity index (χ2v) is 7.40. The van der Waals surface area contributed by atoms with Crippen LogP contribution in [0.5, 0.6) is 0 Å². The molecule has 0 spiro atoms. The van der Waals surface area contributed by atoms with Crippen LogP contribution in [0, 0.1) is 17.7 Å². The van der Waals surface area contributed by atoms with Gasteiger partial charge in [0.05, 0.1) is 12.4 Å². The minimum Gasteiger partial charge on any atom is -0.338 e. The maximum absolute atomic E-state index is 13.0. The summed E-state index contributed by atoms with van der Waals surface area (Å²) in [6.07, 6.45) is 10.4. The summed E-state index contributed by atoms with van der Waals surface area (Å²) in [5, 5.41) is 3.74. The molecule has 2 bridgehead atoms. The molecule has 0 aliphatic carbocycles. The first-order valence-electron chi connectivity index (χ1n) is 8.69. The summed E-state index contributed by atoms with van der Waals surface area (Å²) < 4.78 is 13.0. The minimum atomic E-state index is -0.364. The number of hydrogen-bond acceptors (Lipinski definition) is 4. The van der Waals surface area contributed by atoms with E-state index in [4.69, 9.17) is 0 Å². The van der Waals surface area contributed by atoms with Crippen LogP contribution in [0.15, 0.2) is 12.4 Å². The van der Waals surface area contributed by atoms with Crippen LogP contribution in [-0.4, -0.2) is 34.6 Å². The van der Waals surface area contributed by atoms with Gasteiger partial charge < -0.3 is 10.2 Å². The van der Waals surface area contributed by atoms with E-state index in [2.05, 4.69) is 27.1 Å². The lowest BCUT2D eigenvalue weighted by molar-refractivity contribution is 0.175. The third-order valence-electron chi connectivity index (χ3n) is 5.96. The van der Waals surface area contributed by atoms with Crippen LogP contribution < -0.4 is 10.2 Å². The molecule has 0 saturated carbocycles. The number of anilines is 1. The van der Waals surface area contributed by atoms with E-state index in [0.29, 0.717) is 12.0 Å². The van der Waals surface area contributed by atoms with Crippen LogP contribution in [0.2, 0.25) is 0 Å². The molecular weight excluding hydrogens is 279 g/mol.